The molecule has 1 aliphatic rings. The van der Waals surface area contributed by atoms with Gasteiger partial charge in [0.15, 0.2) is 11.5 Å². The van der Waals surface area contributed by atoms with Crippen LogP contribution in [0.15, 0.2) is 27.8 Å². The van der Waals surface area contributed by atoms with Gasteiger partial charge in [-0.15, -0.1) is 0 Å². The van der Waals surface area contributed by atoms with Crippen molar-refractivity contribution in [2.24, 2.45) is 5.10 Å². The molecule has 0 radical (unpaired) electrons. The quantitative estimate of drug-likeness (QED) is 0.652. The van der Waals surface area contributed by atoms with E-state index in [1.54, 1.807) is 23.0 Å². The van der Waals surface area contributed by atoms with Crippen LogP contribution < -0.4 is 14.9 Å². The van der Waals surface area contributed by atoms with E-state index in [1.807, 2.05) is 19.9 Å². The molecule has 0 aliphatic carbocycles. The van der Waals surface area contributed by atoms with Gasteiger partial charge in [-0.25, -0.2) is 5.43 Å². The molecule has 0 atom stereocenters. The monoisotopic (exact) mass is 378 g/mol. The Morgan fingerprint density at radius 3 is 2.96 bits per heavy atom. The zero-order valence-corrected chi connectivity index (χ0v) is 14.3. The first-order valence-corrected chi connectivity index (χ1v) is 7.75. The lowest BCUT2D eigenvalue weighted by atomic mass is 10.2. The van der Waals surface area contributed by atoms with Gasteiger partial charge in [-0.1, -0.05) is 0 Å². The number of rotatable bonds is 4. The standard InChI is InChI=1S/C15H15BrN4O3/c1-9-15(16)10(2)20(19-9)7-14(21)18-17-6-11-3-4-12-13(5-11)23-8-22-12/h3-6H,7-8H2,1-2H3,(H,18,21)/b17-6-. The second kappa shape index (κ2) is 6.41. The Morgan fingerprint density at radius 1 is 1.43 bits per heavy atom. The van der Waals surface area contributed by atoms with Crippen LogP contribution in [0.2, 0.25) is 0 Å². The Labute approximate surface area is 141 Å². The van der Waals surface area contributed by atoms with Crippen LogP contribution in [0.3, 0.4) is 0 Å². The largest absolute Gasteiger partial charge is 0.454 e. The van der Waals surface area contributed by atoms with Crippen LogP contribution in [0.1, 0.15) is 17.0 Å². The third kappa shape index (κ3) is 3.37. The molecule has 0 saturated carbocycles. The highest BCUT2D eigenvalue weighted by Crippen LogP contribution is 2.31. The van der Waals surface area contributed by atoms with Gasteiger partial charge in [0.25, 0.3) is 5.91 Å². The number of fused-ring (bicyclic) bond motifs is 1. The van der Waals surface area contributed by atoms with Crippen molar-refractivity contribution in [3.63, 3.8) is 0 Å². The Bertz CT molecular complexity index is 785. The fourth-order valence-electron chi connectivity index (χ4n) is 2.17. The molecule has 1 amide bonds. The van der Waals surface area contributed by atoms with Crippen LogP contribution in [0.5, 0.6) is 11.5 Å². The Hall–Kier alpha value is -2.35. The van der Waals surface area contributed by atoms with Crippen LogP contribution in [-0.4, -0.2) is 28.7 Å². The second-order valence-corrected chi connectivity index (χ2v) is 5.84. The highest BCUT2D eigenvalue weighted by Gasteiger charge is 2.13. The molecule has 0 spiro atoms. The van der Waals surface area contributed by atoms with Crippen LogP contribution in [0.25, 0.3) is 0 Å². The lowest BCUT2D eigenvalue weighted by Gasteiger charge is -2.03. The number of aryl methyl sites for hydroxylation is 1. The summed E-state index contributed by atoms with van der Waals surface area (Å²) in [7, 11) is 0. The number of nitrogens with zero attached hydrogens (tertiary/aromatic N) is 3. The fourth-order valence-corrected chi connectivity index (χ4v) is 2.46. The van der Waals surface area contributed by atoms with Gasteiger partial charge in [0.1, 0.15) is 6.54 Å². The molecule has 1 aromatic heterocycles. The van der Waals surface area contributed by atoms with Crippen molar-refractivity contribution in [3.05, 3.63) is 39.6 Å². The lowest BCUT2D eigenvalue weighted by molar-refractivity contribution is -0.121. The van der Waals surface area contributed by atoms with E-state index in [4.69, 9.17) is 9.47 Å². The van der Waals surface area contributed by atoms with Gasteiger partial charge in [-0.05, 0) is 53.5 Å². The number of amides is 1. The SMILES string of the molecule is Cc1nn(CC(=O)N/N=C\c2ccc3c(c2)OCO3)c(C)c1Br. The molecule has 0 fully saturated rings. The maximum absolute atomic E-state index is 11.9. The summed E-state index contributed by atoms with van der Waals surface area (Å²) in [6.45, 7) is 4.11. The number of carbonyl (C=O) groups is 1. The van der Waals surface area contributed by atoms with Gasteiger partial charge >= 0.3 is 0 Å². The van der Waals surface area contributed by atoms with E-state index in [9.17, 15) is 4.79 Å². The maximum Gasteiger partial charge on any atom is 0.261 e. The van der Waals surface area contributed by atoms with Gasteiger partial charge < -0.3 is 9.47 Å². The molecule has 23 heavy (non-hydrogen) atoms. The van der Waals surface area contributed by atoms with Crippen molar-refractivity contribution in [3.8, 4) is 11.5 Å². The molecule has 0 unspecified atom stereocenters. The molecule has 8 heteroatoms. The highest BCUT2D eigenvalue weighted by atomic mass is 79.9. The highest BCUT2D eigenvalue weighted by molar-refractivity contribution is 9.10. The third-order valence-electron chi connectivity index (χ3n) is 3.39. The van der Waals surface area contributed by atoms with Crippen molar-refractivity contribution >= 4 is 28.1 Å². The smallest absolute Gasteiger partial charge is 0.261 e. The first kappa shape index (κ1) is 15.5. The summed E-state index contributed by atoms with van der Waals surface area (Å²) >= 11 is 3.43. The molecular weight excluding hydrogens is 364 g/mol. The van der Waals surface area contributed by atoms with E-state index in [2.05, 4.69) is 31.6 Å². The molecule has 2 aromatic rings. The zero-order valence-electron chi connectivity index (χ0n) is 12.7. The summed E-state index contributed by atoms with van der Waals surface area (Å²) in [5, 5.41) is 8.23. The first-order chi connectivity index (χ1) is 11.0. The van der Waals surface area contributed by atoms with E-state index in [-0.39, 0.29) is 19.2 Å². The number of ether oxygens (including phenoxy) is 2. The predicted octanol–water partition coefficient (Wildman–Crippen LogP) is 2.14. The molecule has 7 nitrogen and oxygen atoms in total. The van der Waals surface area contributed by atoms with Crippen LogP contribution >= 0.6 is 15.9 Å². The van der Waals surface area contributed by atoms with E-state index in [1.165, 1.54) is 0 Å². The van der Waals surface area contributed by atoms with Crippen molar-refractivity contribution in [1.29, 1.82) is 0 Å². The van der Waals surface area contributed by atoms with Crippen molar-refractivity contribution in [2.75, 3.05) is 6.79 Å². The summed E-state index contributed by atoms with van der Waals surface area (Å²) in [5.41, 5.74) is 5.04. The molecule has 3 rings (SSSR count). The van der Waals surface area contributed by atoms with E-state index in [0.29, 0.717) is 11.5 Å². The van der Waals surface area contributed by atoms with Gasteiger partial charge in [-0.3, -0.25) is 9.48 Å². The first-order valence-electron chi connectivity index (χ1n) is 6.95. The van der Waals surface area contributed by atoms with Gasteiger partial charge in [0.05, 0.1) is 22.1 Å². The maximum atomic E-state index is 11.9. The van der Waals surface area contributed by atoms with Crippen molar-refractivity contribution in [1.82, 2.24) is 15.2 Å². The summed E-state index contributed by atoms with van der Waals surface area (Å²) < 4.78 is 13.1. The predicted molar refractivity (Wildman–Crippen MR) is 87.7 cm³/mol. The number of carbonyl (C=O) groups excluding carboxylic acids is 1. The minimum atomic E-state index is -0.250. The number of hydrogen-bond donors (Lipinski definition) is 1. The number of halogens is 1. The minimum Gasteiger partial charge on any atom is -0.454 e. The minimum absolute atomic E-state index is 0.108. The average Bonchev–Trinajstić information content (AvgIpc) is 3.08. The van der Waals surface area contributed by atoms with Gasteiger partial charge in [-0.2, -0.15) is 10.2 Å². The molecule has 120 valence electrons. The lowest BCUT2D eigenvalue weighted by Crippen LogP contribution is -2.24. The van der Waals surface area contributed by atoms with Crippen molar-refractivity contribution in [2.45, 2.75) is 20.4 Å². The zero-order chi connectivity index (χ0) is 16.4. The number of aromatic nitrogens is 2. The summed E-state index contributed by atoms with van der Waals surface area (Å²) in [5.74, 6) is 1.13. The van der Waals surface area contributed by atoms with Crippen LogP contribution in [-0.2, 0) is 11.3 Å². The molecule has 0 bridgehead atoms. The van der Waals surface area contributed by atoms with Crippen LogP contribution in [0.4, 0.5) is 0 Å². The Morgan fingerprint density at radius 2 is 2.22 bits per heavy atom. The topological polar surface area (TPSA) is 77.7 Å². The number of nitrogens with one attached hydrogen (secondary N) is 1. The van der Waals surface area contributed by atoms with Crippen LogP contribution in [0, 0.1) is 13.8 Å². The van der Waals surface area contributed by atoms with Gasteiger partial charge in [0.2, 0.25) is 6.79 Å². The number of hydrogen-bond acceptors (Lipinski definition) is 5. The van der Waals surface area contributed by atoms with E-state index >= 15 is 0 Å². The normalized spacial score (nSPS) is 12.8. The second-order valence-electron chi connectivity index (χ2n) is 5.05. The molecule has 1 aliphatic heterocycles. The summed E-state index contributed by atoms with van der Waals surface area (Å²) in [6, 6.07) is 5.44. The van der Waals surface area contributed by atoms with Gasteiger partial charge in [0, 0.05) is 0 Å². The molecule has 1 N–H and O–H groups in total. The number of benzene rings is 1. The van der Waals surface area contributed by atoms with E-state index in [0.717, 1.165) is 21.4 Å². The molecular formula is C15H15BrN4O3. The molecule has 1 aromatic carbocycles. The van der Waals surface area contributed by atoms with E-state index < -0.39 is 0 Å². The average molecular weight is 379 g/mol. The number of hydrazone groups is 1. The molecule has 2 heterocycles. The summed E-state index contributed by atoms with van der Waals surface area (Å²) in [6.07, 6.45) is 1.55. The third-order valence-corrected chi connectivity index (χ3v) is 4.53. The van der Waals surface area contributed by atoms with Crippen molar-refractivity contribution < 1.29 is 14.3 Å². The molecule has 0 saturated heterocycles. The summed E-state index contributed by atoms with van der Waals surface area (Å²) in [4.78, 5) is 11.9. The Kier molecular flexibility index (Phi) is 4.33. The fraction of sp³-hybridized carbons (Fsp3) is 0.267. The Balaban J connectivity index is 1.59.